The molecule has 59 heavy (non-hydrogen) atoms. The van der Waals surface area contributed by atoms with Crippen molar-refractivity contribution in [2.45, 2.75) is 19.3 Å². The van der Waals surface area contributed by atoms with E-state index in [0.29, 0.717) is 0 Å². The van der Waals surface area contributed by atoms with Gasteiger partial charge in [0.25, 0.3) is 0 Å². The summed E-state index contributed by atoms with van der Waals surface area (Å²) in [5, 5.41) is 9.72. The lowest BCUT2D eigenvalue weighted by molar-refractivity contribution is 0.660. The predicted octanol–water partition coefficient (Wildman–Crippen LogP) is 16.2. The molecule has 1 aliphatic carbocycles. The van der Waals surface area contributed by atoms with Gasteiger partial charge in [-0.1, -0.05) is 159 Å². The van der Waals surface area contributed by atoms with Crippen molar-refractivity contribution in [2.24, 2.45) is 0 Å². The van der Waals surface area contributed by atoms with Crippen LogP contribution in [0.1, 0.15) is 25.0 Å². The van der Waals surface area contributed by atoms with Gasteiger partial charge in [-0.3, -0.25) is 0 Å². The number of nitrogens with zero attached hydrogens (tertiary/aromatic N) is 1. The van der Waals surface area contributed by atoms with E-state index in [0.717, 1.165) is 33.6 Å². The molecule has 12 rings (SSSR count). The van der Waals surface area contributed by atoms with Gasteiger partial charge < -0.3 is 9.32 Å². The van der Waals surface area contributed by atoms with E-state index in [-0.39, 0.29) is 5.41 Å². The maximum Gasteiger partial charge on any atom is 0.136 e. The highest BCUT2D eigenvalue weighted by molar-refractivity contribution is 6.34. The standard InChI is InChI=1S/C57H39NO/c1-57(2)51-18-10-8-15-45(51)46-31-29-42(35-52(46)57)58(40-26-24-39(25-27-40)38-22-20-37(21-23-38)36-12-4-3-5-13-36)41-28-30-44-43-14-6-7-16-47(43)55-48(50(44)34-41)32-33-54-56(55)49-17-9-11-19-53(49)59-54/h3-35H,1-2H3. The van der Waals surface area contributed by atoms with Crippen LogP contribution in [-0.2, 0) is 5.41 Å². The summed E-state index contributed by atoms with van der Waals surface area (Å²) < 4.78 is 6.44. The van der Waals surface area contributed by atoms with Crippen molar-refractivity contribution in [2.75, 3.05) is 4.90 Å². The third kappa shape index (κ3) is 5.13. The zero-order valence-corrected chi connectivity index (χ0v) is 32.9. The number of rotatable bonds is 5. The van der Waals surface area contributed by atoms with Crippen molar-refractivity contribution in [3.63, 3.8) is 0 Å². The molecule has 0 fully saturated rings. The second-order valence-corrected chi connectivity index (χ2v) is 16.5. The fraction of sp³-hybridized carbons (Fsp3) is 0.0526. The normalized spacial score (nSPS) is 13.1. The van der Waals surface area contributed by atoms with E-state index >= 15 is 0 Å². The van der Waals surface area contributed by atoms with E-state index in [1.54, 1.807) is 0 Å². The molecule has 11 aromatic rings. The van der Waals surface area contributed by atoms with Gasteiger partial charge in [0, 0.05) is 38.6 Å². The van der Waals surface area contributed by atoms with Crippen LogP contribution in [0.15, 0.2) is 205 Å². The number of hydrogen-bond acceptors (Lipinski definition) is 2. The largest absolute Gasteiger partial charge is 0.456 e. The summed E-state index contributed by atoms with van der Waals surface area (Å²) in [5.74, 6) is 0. The van der Waals surface area contributed by atoms with Gasteiger partial charge in [0.1, 0.15) is 11.2 Å². The number of fused-ring (bicyclic) bond motifs is 13. The minimum atomic E-state index is -0.124. The van der Waals surface area contributed by atoms with Gasteiger partial charge in [-0.2, -0.15) is 0 Å². The smallest absolute Gasteiger partial charge is 0.136 e. The van der Waals surface area contributed by atoms with Crippen LogP contribution in [0.5, 0.6) is 0 Å². The molecule has 10 aromatic carbocycles. The summed E-state index contributed by atoms with van der Waals surface area (Å²) in [4.78, 5) is 2.44. The van der Waals surface area contributed by atoms with Crippen LogP contribution in [0.3, 0.4) is 0 Å². The number of benzene rings is 10. The topological polar surface area (TPSA) is 16.4 Å². The fourth-order valence-corrected chi connectivity index (χ4v) is 9.95. The van der Waals surface area contributed by atoms with E-state index < -0.39 is 0 Å². The molecule has 2 nitrogen and oxygen atoms in total. The molecule has 1 aliphatic rings. The van der Waals surface area contributed by atoms with Crippen molar-refractivity contribution in [3.05, 3.63) is 211 Å². The third-order valence-electron chi connectivity index (χ3n) is 12.9. The van der Waals surface area contributed by atoms with Crippen molar-refractivity contribution >= 4 is 71.3 Å². The first-order chi connectivity index (χ1) is 29.0. The Morgan fingerprint density at radius 3 is 1.64 bits per heavy atom. The Bertz CT molecular complexity index is 3450. The molecule has 2 heteroatoms. The summed E-state index contributed by atoms with van der Waals surface area (Å²) in [6, 6.07) is 73.2. The quantitative estimate of drug-likeness (QED) is 0.163. The second kappa shape index (κ2) is 12.8. The van der Waals surface area contributed by atoms with Crippen LogP contribution >= 0.6 is 0 Å². The van der Waals surface area contributed by atoms with Gasteiger partial charge in [-0.25, -0.2) is 0 Å². The van der Waals surface area contributed by atoms with E-state index in [1.165, 1.54) is 82.2 Å². The highest BCUT2D eigenvalue weighted by Crippen LogP contribution is 2.51. The van der Waals surface area contributed by atoms with Gasteiger partial charge in [0.15, 0.2) is 0 Å². The van der Waals surface area contributed by atoms with Gasteiger partial charge in [-0.15, -0.1) is 0 Å². The Morgan fingerprint density at radius 1 is 0.339 bits per heavy atom. The van der Waals surface area contributed by atoms with Crippen molar-refractivity contribution < 1.29 is 4.42 Å². The lowest BCUT2D eigenvalue weighted by atomic mass is 9.82. The molecule has 0 spiro atoms. The molecule has 0 aliphatic heterocycles. The van der Waals surface area contributed by atoms with Gasteiger partial charge in [0.05, 0.1) is 0 Å². The fourth-order valence-electron chi connectivity index (χ4n) is 9.95. The molecule has 0 radical (unpaired) electrons. The van der Waals surface area contributed by atoms with Crippen molar-refractivity contribution in [3.8, 4) is 33.4 Å². The Hall–Kier alpha value is -7.42. The molecular weight excluding hydrogens is 715 g/mol. The number of furan rings is 1. The van der Waals surface area contributed by atoms with Crippen LogP contribution in [0.4, 0.5) is 17.1 Å². The lowest BCUT2D eigenvalue weighted by Gasteiger charge is -2.28. The summed E-state index contributed by atoms with van der Waals surface area (Å²) in [5.41, 5.74) is 15.3. The maximum absolute atomic E-state index is 6.44. The molecule has 0 saturated heterocycles. The minimum Gasteiger partial charge on any atom is -0.456 e. The van der Waals surface area contributed by atoms with Crippen LogP contribution in [-0.4, -0.2) is 0 Å². The Kier molecular flexibility index (Phi) is 7.31. The Morgan fingerprint density at radius 2 is 0.864 bits per heavy atom. The number of hydrogen-bond donors (Lipinski definition) is 0. The number of para-hydroxylation sites is 1. The van der Waals surface area contributed by atoms with Gasteiger partial charge in [-0.05, 0) is 126 Å². The highest BCUT2D eigenvalue weighted by atomic mass is 16.3. The monoisotopic (exact) mass is 753 g/mol. The molecule has 0 atom stereocenters. The summed E-state index contributed by atoms with van der Waals surface area (Å²) in [6.45, 7) is 4.72. The first kappa shape index (κ1) is 33.7. The summed E-state index contributed by atoms with van der Waals surface area (Å²) in [7, 11) is 0. The first-order valence-corrected chi connectivity index (χ1v) is 20.5. The molecule has 0 unspecified atom stereocenters. The maximum atomic E-state index is 6.44. The zero-order valence-electron chi connectivity index (χ0n) is 32.9. The van der Waals surface area contributed by atoms with Gasteiger partial charge >= 0.3 is 0 Å². The molecule has 278 valence electrons. The zero-order chi connectivity index (χ0) is 39.2. The molecule has 0 saturated carbocycles. The summed E-state index contributed by atoms with van der Waals surface area (Å²) >= 11 is 0. The Balaban J connectivity index is 1.06. The van der Waals surface area contributed by atoms with Crippen LogP contribution in [0, 0.1) is 0 Å². The highest BCUT2D eigenvalue weighted by Gasteiger charge is 2.35. The lowest BCUT2D eigenvalue weighted by Crippen LogP contribution is -2.16. The van der Waals surface area contributed by atoms with Crippen LogP contribution in [0.2, 0.25) is 0 Å². The van der Waals surface area contributed by atoms with E-state index in [9.17, 15) is 0 Å². The minimum absolute atomic E-state index is 0.124. The van der Waals surface area contributed by atoms with Crippen LogP contribution in [0.25, 0.3) is 87.6 Å². The average molecular weight is 754 g/mol. The molecule has 0 bridgehead atoms. The first-order valence-electron chi connectivity index (χ1n) is 20.5. The average Bonchev–Trinajstić information content (AvgIpc) is 3.79. The molecule has 0 amide bonds. The molecular formula is C57H39NO. The Labute approximate surface area is 343 Å². The number of anilines is 3. The SMILES string of the molecule is CC1(C)c2ccccc2-c2ccc(N(c3ccc(-c4ccc(-c5ccccc5)cc4)cc3)c3ccc4c5ccccc5c5c(ccc6oc7ccccc7c65)c4c3)cc21. The van der Waals surface area contributed by atoms with Gasteiger partial charge in [0.2, 0.25) is 0 Å². The summed E-state index contributed by atoms with van der Waals surface area (Å²) in [6.07, 6.45) is 0. The second-order valence-electron chi connectivity index (χ2n) is 16.5. The van der Waals surface area contributed by atoms with E-state index in [2.05, 4.69) is 213 Å². The molecule has 1 heterocycles. The van der Waals surface area contributed by atoms with Crippen LogP contribution < -0.4 is 4.90 Å². The van der Waals surface area contributed by atoms with E-state index in [1.807, 2.05) is 6.07 Å². The third-order valence-corrected chi connectivity index (χ3v) is 12.9. The van der Waals surface area contributed by atoms with Crippen molar-refractivity contribution in [1.82, 2.24) is 0 Å². The molecule has 0 N–H and O–H groups in total. The van der Waals surface area contributed by atoms with E-state index in [4.69, 9.17) is 4.42 Å². The van der Waals surface area contributed by atoms with Crippen molar-refractivity contribution in [1.29, 1.82) is 0 Å². The molecule has 1 aromatic heterocycles. The predicted molar refractivity (Wildman–Crippen MR) is 249 cm³/mol.